The molecule has 1 atom stereocenters. The number of rotatable bonds is 0. The molecule has 3 rings (SSSR count). The molecule has 0 radical (unpaired) electrons. The van der Waals surface area contributed by atoms with Gasteiger partial charge in [-0.2, -0.15) is 0 Å². The Labute approximate surface area is 263 Å². The minimum absolute atomic E-state index is 0. The Balaban J connectivity index is -0.000000134. The molecule has 1 nitrogen and oxygen atoms in total. The van der Waals surface area contributed by atoms with E-state index in [1.165, 1.54) is 18.4 Å². The third kappa shape index (κ3) is 29.1. The van der Waals surface area contributed by atoms with Crippen LogP contribution in [-0.2, 0) is 19.5 Å². The van der Waals surface area contributed by atoms with Gasteiger partial charge in [0.15, 0.2) is 0 Å². The van der Waals surface area contributed by atoms with Crippen molar-refractivity contribution in [1.29, 1.82) is 0 Å². The molecule has 29 heavy (non-hydrogen) atoms. The van der Waals surface area contributed by atoms with Gasteiger partial charge in [-0.25, -0.2) is 0 Å². The topological polar surface area (TPSA) is 23.1 Å². The Hall–Kier alpha value is 3.14. The van der Waals surface area contributed by atoms with Gasteiger partial charge in [-0.3, -0.25) is 0 Å². The zero-order chi connectivity index (χ0) is 22.5. The van der Waals surface area contributed by atoms with E-state index in [1.807, 2.05) is 13.8 Å². The molecule has 3 aliphatic rings. The largest absolute Gasteiger partial charge is 1.00 e. The molecule has 0 aliphatic heterocycles. The van der Waals surface area contributed by atoms with Gasteiger partial charge in [0, 0.05) is 29.7 Å². The Morgan fingerprint density at radius 2 is 1.10 bits per heavy atom. The van der Waals surface area contributed by atoms with Gasteiger partial charge in [0.2, 0.25) is 0 Å². The fourth-order valence-electron chi connectivity index (χ4n) is 1.08. The summed E-state index contributed by atoms with van der Waals surface area (Å²) in [5.41, 5.74) is 2.02. The Bertz CT molecular complexity index is 473. The predicted molar refractivity (Wildman–Crippen MR) is 133 cm³/mol. The minimum Gasteiger partial charge on any atom is -0.850 e. The maximum absolute atomic E-state index is 10.1. The monoisotopic (exact) mass is 674 g/mol. The molecular weight excluding hydrogens is 636 g/mol. The van der Waals surface area contributed by atoms with Crippen molar-refractivity contribution in [3.63, 3.8) is 0 Å². The van der Waals surface area contributed by atoms with Crippen LogP contribution in [0.15, 0.2) is 24.3 Å². The summed E-state index contributed by atoms with van der Waals surface area (Å²) >= 11 is 10.6. The average Bonchev–Trinajstić information content (AvgIpc) is 3.21. The van der Waals surface area contributed by atoms with Crippen molar-refractivity contribution >= 4 is 47.8 Å². The van der Waals surface area contributed by atoms with E-state index in [0.717, 1.165) is 4.83 Å². The van der Waals surface area contributed by atoms with E-state index in [2.05, 4.69) is 108 Å². The van der Waals surface area contributed by atoms with Gasteiger partial charge in [0.25, 0.3) is 0 Å². The van der Waals surface area contributed by atoms with Crippen LogP contribution >= 0.6 is 47.8 Å². The van der Waals surface area contributed by atoms with Gasteiger partial charge in [-0.15, -0.1) is 12.2 Å². The zero-order valence-electron chi connectivity index (χ0n) is 21.1. The van der Waals surface area contributed by atoms with E-state index in [-0.39, 0.29) is 74.1 Å². The molecule has 0 heterocycles. The number of hydrogen-bond acceptors (Lipinski definition) is 1. The van der Waals surface area contributed by atoms with E-state index in [0.29, 0.717) is 16.2 Å². The number of hydrogen-bond donors (Lipinski definition) is 0. The Kier molecular flexibility index (Phi) is 20.6. The van der Waals surface area contributed by atoms with E-state index in [1.54, 1.807) is 20.8 Å². The summed E-state index contributed by atoms with van der Waals surface area (Å²) in [6.07, 6.45) is 6.97. The molecule has 164 valence electrons. The molecule has 0 aromatic rings. The third-order valence-corrected chi connectivity index (χ3v) is 8.03. The van der Waals surface area contributed by atoms with Crippen molar-refractivity contribution in [2.45, 2.75) is 103 Å². The first-order valence-corrected chi connectivity index (χ1v) is 12.1. The van der Waals surface area contributed by atoms with Crippen LogP contribution in [0, 0.1) is 16.2 Å². The fourth-order valence-corrected chi connectivity index (χ4v) is 3.32. The summed E-state index contributed by atoms with van der Waals surface area (Å²) in [5.74, 6) is 0. The van der Waals surface area contributed by atoms with Crippen LogP contribution < -0.4 is 56.5 Å². The molecule has 0 saturated heterocycles. The van der Waals surface area contributed by atoms with Crippen LogP contribution in [0.1, 0.15) is 89.0 Å². The van der Waals surface area contributed by atoms with Crippen molar-refractivity contribution in [2.75, 3.05) is 0 Å². The standard InChI is InChI=1S/C5H8Br2.C5H9Br.C5H8.C4H9O.C4H8.K.Zn/c1-4(2)3-5(4,6)7;1-5(2)3-4(5)6;1-5(2)3-4-5;1-4(2,3)5;1-4(2)3;;/h3H2,1-2H3;4H,3H2,1-2H3;3-4H,1-2H3;1-3H3;1H2,2-3H3;;/q;;;-1;;+1;. The summed E-state index contributed by atoms with van der Waals surface area (Å²) in [6, 6.07) is 0. The SMILES string of the molecule is C=C(C)C.CC(C)(C)[O-].CC1(C)C=C1.CC1(C)CC1(Br)Br.CC1(C)CC1Br.[K+].[Zn]. The van der Waals surface area contributed by atoms with E-state index in [4.69, 9.17) is 0 Å². The molecule has 2 saturated carbocycles. The second kappa shape index (κ2) is 15.2. The van der Waals surface area contributed by atoms with Gasteiger partial charge >= 0.3 is 51.4 Å². The predicted octanol–water partition coefficient (Wildman–Crippen LogP) is 5.39. The molecule has 3 aliphatic carbocycles. The summed E-state index contributed by atoms with van der Waals surface area (Å²) in [5, 5.41) is 10.1. The molecule has 0 bridgehead atoms. The first kappa shape index (κ1) is 39.4. The first-order chi connectivity index (χ1) is 11.5. The fraction of sp³-hybridized carbons (Fsp3) is 0.826. The maximum Gasteiger partial charge on any atom is 1.00 e. The van der Waals surface area contributed by atoms with Crippen molar-refractivity contribution in [2.24, 2.45) is 16.2 Å². The summed E-state index contributed by atoms with van der Waals surface area (Å²) < 4.78 is 0.271. The van der Waals surface area contributed by atoms with Crippen molar-refractivity contribution < 1.29 is 76.0 Å². The van der Waals surface area contributed by atoms with Crippen LogP contribution in [-0.4, -0.2) is 13.7 Å². The van der Waals surface area contributed by atoms with Gasteiger partial charge in [-0.1, -0.05) is 128 Å². The van der Waals surface area contributed by atoms with Crippen molar-refractivity contribution in [1.82, 2.24) is 0 Å². The van der Waals surface area contributed by atoms with E-state index >= 15 is 0 Å². The molecule has 0 aromatic carbocycles. The number of allylic oxidation sites excluding steroid dienone is 3. The van der Waals surface area contributed by atoms with Crippen LogP contribution in [0.2, 0.25) is 0 Å². The normalized spacial score (nSPS) is 23.6. The van der Waals surface area contributed by atoms with Gasteiger partial charge in [0.1, 0.15) is 0 Å². The number of alkyl halides is 3. The second-order valence-electron chi connectivity index (χ2n) is 10.9. The molecule has 1 unspecified atom stereocenters. The molecule has 6 heteroatoms. The van der Waals surface area contributed by atoms with Crippen LogP contribution in [0.4, 0.5) is 0 Å². The number of halogens is 3. The molecule has 0 spiro atoms. The van der Waals surface area contributed by atoms with Crippen molar-refractivity contribution in [3.8, 4) is 0 Å². The van der Waals surface area contributed by atoms with Crippen LogP contribution in [0.25, 0.3) is 0 Å². The van der Waals surface area contributed by atoms with Gasteiger partial charge < -0.3 is 5.11 Å². The quantitative estimate of drug-likeness (QED) is 0.192. The van der Waals surface area contributed by atoms with Crippen LogP contribution in [0.3, 0.4) is 0 Å². The molecule has 0 amide bonds. The van der Waals surface area contributed by atoms with Crippen LogP contribution in [0.5, 0.6) is 0 Å². The summed E-state index contributed by atoms with van der Waals surface area (Å²) in [6.45, 7) is 25.8. The zero-order valence-corrected chi connectivity index (χ0v) is 32.0. The third-order valence-electron chi connectivity index (χ3n) is 3.76. The second-order valence-corrected chi connectivity index (χ2v) is 15.8. The maximum atomic E-state index is 10.1. The minimum atomic E-state index is -0.750. The van der Waals surface area contributed by atoms with Gasteiger partial charge in [0.05, 0.1) is 3.23 Å². The first-order valence-electron chi connectivity index (χ1n) is 9.57. The summed E-state index contributed by atoms with van der Waals surface area (Å²) in [4.78, 5) is 0.810. The molecular formula is C23H42Br3KOZn. The molecule has 2 fully saturated rings. The smallest absolute Gasteiger partial charge is 0.850 e. The Morgan fingerprint density at radius 1 is 1.00 bits per heavy atom. The van der Waals surface area contributed by atoms with Crippen molar-refractivity contribution in [3.05, 3.63) is 24.3 Å². The molecule has 0 N–H and O–H groups in total. The Morgan fingerprint density at radius 3 is 1.10 bits per heavy atom. The van der Waals surface area contributed by atoms with Gasteiger partial charge in [-0.05, 0) is 37.5 Å². The van der Waals surface area contributed by atoms with E-state index in [9.17, 15) is 5.11 Å². The van der Waals surface area contributed by atoms with E-state index < -0.39 is 5.60 Å². The summed E-state index contributed by atoms with van der Waals surface area (Å²) in [7, 11) is 0. The average molecular weight is 679 g/mol. The molecule has 0 aromatic heterocycles.